The summed E-state index contributed by atoms with van der Waals surface area (Å²) in [5.41, 5.74) is 12.1. The van der Waals surface area contributed by atoms with Gasteiger partial charge in [0.1, 0.15) is 36.4 Å². The highest BCUT2D eigenvalue weighted by atomic mass is 32.1. The SMILES string of the molecule is Cc1cc(CCCCCC(=O)N[C@H](C(=O)N2C[C@H](O)C[C@H]2C(=O)N[C@@H](C)c2ccc(-c3scnc3C)cc2)C(C)(C)C)c(F)c(OC[C@H](CCC(N)=O)NC(=O)[C@@H]2Cc3cccc4c3N2C(=O)[C@@H](NC(=O)OC(C)(C)C)CC4)c1. The number of aromatic nitrogens is 1. The molecule has 0 saturated carbocycles. The number of β-amino-alcohol motifs (C(OH)–C–C–N with tert-alkyl or cyclic N) is 1. The molecule has 1 aromatic heterocycles. The number of ether oxygens (including phenoxy) is 2. The largest absolute Gasteiger partial charge is 0.488 e. The summed E-state index contributed by atoms with van der Waals surface area (Å²) in [5, 5.41) is 22.3. The van der Waals surface area contributed by atoms with Crippen molar-refractivity contribution in [3.05, 3.63) is 99.4 Å². The zero-order valence-electron chi connectivity index (χ0n) is 46.8. The van der Waals surface area contributed by atoms with Gasteiger partial charge in [0.25, 0.3) is 0 Å². The maximum Gasteiger partial charge on any atom is 0.408 e. The molecule has 1 fully saturated rings. The molecule has 1 saturated heterocycles. The third-order valence-corrected chi connectivity index (χ3v) is 15.6. The van der Waals surface area contributed by atoms with E-state index in [1.54, 1.807) is 56.7 Å². The minimum Gasteiger partial charge on any atom is -0.488 e. The van der Waals surface area contributed by atoms with Crippen LogP contribution in [0.3, 0.4) is 0 Å². The fraction of sp³-hybridized carbons (Fsp3) is 0.525. The number of nitrogens with two attached hydrogens (primary N) is 1. The summed E-state index contributed by atoms with van der Waals surface area (Å²) in [6.45, 7) is 16.0. The lowest BCUT2D eigenvalue weighted by Crippen LogP contribution is -2.57. The molecule has 3 aliphatic rings. The first-order valence-electron chi connectivity index (χ1n) is 27.3. The molecule has 18 nitrogen and oxygen atoms in total. The molecule has 7 rings (SSSR count). The molecule has 7 N–H and O–H groups in total. The number of unbranched alkanes of at least 4 members (excludes halogenated alkanes) is 2. The lowest BCUT2D eigenvalue weighted by molar-refractivity contribution is -0.144. The van der Waals surface area contributed by atoms with Crippen LogP contribution in [-0.4, -0.2) is 112 Å². The standard InChI is InChI=1S/C59H77FN8O10S/c1-33-26-39(14-11-10-12-17-48(71)66-52(58(4,5)6)56(75)67-30-42(69)29-44(67)53(72)63-34(2)36-18-20-38(21-19-36)51-35(3)62-32-79-51)49(60)46(27-33)77-31-41(23-25-47(61)70)64-54(73)45-28-40-16-13-15-37-22-24-43(55(74)68(45)50(37)40)65-57(76)78-59(7,8)9/h13,15-16,18-21,26-27,32,34,41-45,52,69H,10-12,14,17,22-25,28-31H2,1-9H3,(H2,61,70)(H,63,72)(H,64,73)(H,65,76)(H,66,71)/t34-,41-,42+,43-,44-,45-,52+/m0/s1. The second-order valence-corrected chi connectivity index (χ2v) is 24.1. The second-order valence-electron chi connectivity index (χ2n) is 23.3. The number of aliphatic hydroxyl groups excluding tert-OH is 1. The van der Waals surface area contributed by atoms with E-state index in [1.807, 2.05) is 77.1 Å². The fourth-order valence-corrected chi connectivity index (χ4v) is 11.4. The molecule has 0 unspecified atom stereocenters. The molecule has 0 bridgehead atoms. The van der Waals surface area contributed by atoms with Gasteiger partial charge < -0.3 is 46.5 Å². The van der Waals surface area contributed by atoms with Crippen molar-refractivity contribution in [2.45, 2.75) is 181 Å². The highest BCUT2D eigenvalue weighted by molar-refractivity contribution is 7.13. The molecule has 3 aliphatic heterocycles. The topological polar surface area (TPSA) is 252 Å². The average molecular weight is 1110 g/mol. The van der Waals surface area contributed by atoms with Crippen molar-refractivity contribution >= 4 is 58.6 Å². The van der Waals surface area contributed by atoms with E-state index in [4.69, 9.17) is 15.2 Å². The van der Waals surface area contributed by atoms with Crippen molar-refractivity contribution in [2.24, 2.45) is 11.1 Å². The number of benzene rings is 3. The summed E-state index contributed by atoms with van der Waals surface area (Å²) in [5.74, 6) is -3.42. The van der Waals surface area contributed by atoms with Gasteiger partial charge in [-0.25, -0.2) is 14.2 Å². The Hall–Kier alpha value is -6.93. The third-order valence-electron chi connectivity index (χ3n) is 14.6. The zero-order valence-corrected chi connectivity index (χ0v) is 47.7. The molecule has 4 aromatic rings. The van der Waals surface area contributed by atoms with E-state index in [2.05, 4.69) is 26.3 Å². The van der Waals surface area contributed by atoms with E-state index < -0.39 is 88.8 Å². The number of carbonyl (C=O) groups excluding carboxylic acids is 7. The first kappa shape index (κ1) is 59.7. The molecular formula is C59H77FN8O10S. The Morgan fingerprint density at radius 3 is 2.29 bits per heavy atom. The van der Waals surface area contributed by atoms with E-state index in [1.165, 1.54) is 9.80 Å². The summed E-state index contributed by atoms with van der Waals surface area (Å²) in [6.07, 6.45) is 1.29. The number of likely N-dealkylation sites (tertiary alicyclic amines) is 1. The predicted molar refractivity (Wildman–Crippen MR) is 298 cm³/mol. The van der Waals surface area contributed by atoms with Gasteiger partial charge >= 0.3 is 6.09 Å². The first-order chi connectivity index (χ1) is 37.3. The number of nitrogens with one attached hydrogen (secondary N) is 4. The van der Waals surface area contributed by atoms with Gasteiger partial charge in [-0.05, 0) is 125 Å². The van der Waals surface area contributed by atoms with Crippen LogP contribution in [-0.2, 0) is 52.8 Å². The minimum atomic E-state index is -0.988. The molecule has 79 heavy (non-hydrogen) atoms. The van der Waals surface area contributed by atoms with Gasteiger partial charge in [0.05, 0.1) is 40.0 Å². The summed E-state index contributed by atoms with van der Waals surface area (Å²) in [6, 6.07) is 11.7. The van der Waals surface area contributed by atoms with E-state index in [9.17, 15) is 38.7 Å². The number of primary amides is 1. The van der Waals surface area contributed by atoms with E-state index >= 15 is 4.39 Å². The van der Waals surface area contributed by atoms with Gasteiger partial charge in [-0.3, -0.25) is 33.7 Å². The fourth-order valence-electron chi connectivity index (χ4n) is 10.5. The van der Waals surface area contributed by atoms with Crippen LogP contribution in [0.4, 0.5) is 14.9 Å². The number of aryl methyl sites for hydroxylation is 4. The molecule has 0 spiro atoms. The minimum absolute atomic E-state index is 0.0464. The number of aliphatic hydroxyl groups is 1. The van der Waals surface area contributed by atoms with Crippen molar-refractivity contribution in [2.75, 3.05) is 18.1 Å². The highest BCUT2D eigenvalue weighted by Crippen LogP contribution is 2.39. The number of thiazole rings is 1. The van der Waals surface area contributed by atoms with Crippen molar-refractivity contribution < 1.29 is 52.5 Å². The van der Waals surface area contributed by atoms with Crippen molar-refractivity contribution in [1.82, 2.24) is 31.2 Å². The van der Waals surface area contributed by atoms with Crippen LogP contribution >= 0.6 is 11.3 Å². The maximum atomic E-state index is 16.2. The summed E-state index contributed by atoms with van der Waals surface area (Å²) < 4.78 is 27.7. The third kappa shape index (κ3) is 15.3. The molecule has 426 valence electrons. The molecule has 7 atom stereocenters. The number of amides is 7. The lowest BCUT2D eigenvalue weighted by atomic mass is 9.85. The smallest absolute Gasteiger partial charge is 0.408 e. The highest BCUT2D eigenvalue weighted by Gasteiger charge is 2.46. The van der Waals surface area contributed by atoms with Crippen LogP contribution in [0.1, 0.15) is 139 Å². The van der Waals surface area contributed by atoms with Gasteiger partial charge in [-0.1, -0.05) is 75.7 Å². The quantitative estimate of drug-likeness (QED) is 0.0465. The van der Waals surface area contributed by atoms with Gasteiger partial charge in [0.15, 0.2) is 11.6 Å². The average Bonchev–Trinajstić information content (AvgIpc) is 4.33. The van der Waals surface area contributed by atoms with Gasteiger partial charge in [-0.15, -0.1) is 11.3 Å². The lowest BCUT2D eigenvalue weighted by Gasteiger charge is -2.35. The number of rotatable bonds is 21. The molecular weight excluding hydrogens is 1030 g/mol. The number of carbonyl (C=O) groups is 7. The van der Waals surface area contributed by atoms with Crippen LogP contribution in [0.15, 0.2) is 60.1 Å². The monoisotopic (exact) mass is 1110 g/mol. The van der Waals surface area contributed by atoms with Crippen LogP contribution in [0.25, 0.3) is 10.4 Å². The van der Waals surface area contributed by atoms with Crippen molar-refractivity contribution in [3.63, 3.8) is 0 Å². The molecule has 0 radical (unpaired) electrons. The summed E-state index contributed by atoms with van der Waals surface area (Å²) in [4.78, 5) is 103. The van der Waals surface area contributed by atoms with Crippen LogP contribution in [0, 0.1) is 25.1 Å². The van der Waals surface area contributed by atoms with Crippen molar-refractivity contribution in [3.8, 4) is 16.2 Å². The van der Waals surface area contributed by atoms with Crippen LogP contribution in [0.2, 0.25) is 0 Å². The Labute approximate surface area is 466 Å². The maximum absolute atomic E-state index is 16.2. The number of anilines is 1. The Morgan fingerprint density at radius 2 is 1.62 bits per heavy atom. The number of nitrogens with zero attached hydrogens (tertiary/aromatic N) is 3. The van der Waals surface area contributed by atoms with Gasteiger partial charge in [0, 0.05) is 32.2 Å². The molecule has 4 heterocycles. The molecule has 0 aliphatic carbocycles. The Morgan fingerprint density at radius 1 is 0.911 bits per heavy atom. The van der Waals surface area contributed by atoms with Crippen LogP contribution in [0.5, 0.6) is 5.75 Å². The van der Waals surface area contributed by atoms with E-state index in [0.29, 0.717) is 49.8 Å². The number of halogens is 1. The number of hydrogen-bond acceptors (Lipinski definition) is 12. The number of para-hydroxylation sites is 1. The van der Waals surface area contributed by atoms with Gasteiger partial charge in [-0.2, -0.15) is 0 Å². The Bertz CT molecular complexity index is 2900. The molecule has 3 aromatic carbocycles. The van der Waals surface area contributed by atoms with Crippen molar-refractivity contribution in [1.29, 1.82) is 0 Å². The van der Waals surface area contributed by atoms with Gasteiger partial charge in [0.2, 0.25) is 35.4 Å². The van der Waals surface area contributed by atoms with E-state index in [-0.39, 0.29) is 63.0 Å². The normalized spacial score (nSPS) is 19.2. The summed E-state index contributed by atoms with van der Waals surface area (Å²) in [7, 11) is 0. The second kappa shape index (κ2) is 25.5. The summed E-state index contributed by atoms with van der Waals surface area (Å²) >= 11 is 1.56. The molecule has 7 amide bonds. The molecule has 20 heteroatoms. The Kier molecular flexibility index (Phi) is 19.2. The Balaban J connectivity index is 0.915. The first-order valence-corrected chi connectivity index (χ1v) is 28.2. The van der Waals surface area contributed by atoms with Crippen LogP contribution < -0.4 is 36.6 Å². The zero-order chi connectivity index (χ0) is 57.5. The predicted octanol–water partition coefficient (Wildman–Crippen LogP) is 6.97. The number of alkyl carbamates (subject to hydrolysis) is 1. The number of hydrogen-bond donors (Lipinski definition) is 6. The van der Waals surface area contributed by atoms with E-state index in [0.717, 1.165) is 38.4 Å².